The number of aliphatic hydroxyl groups excluding tert-OH is 2. The Hall–Kier alpha value is -2.18. The highest BCUT2D eigenvalue weighted by Crippen LogP contribution is 2.20. The van der Waals surface area contributed by atoms with E-state index in [4.69, 9.17) is 4.74 Å². The van der Waals surface area contributed by atoms with Crippen molar-refractivity contribution in [3.63, 3.8) is 0 Å². The summed E-state index contributed by atoms with van der Waals surface area (Å²) < 4.78 is 5.51. The Kier molecular flexibility index (Phi) is 82.3. The number of esters is 1. The highest BCUT2D eigenvalue weighted by molar-refractivity contribution is 5.76. The number of ether oxygens (including phenoxy) is 1. The Morgan fingerprint density at radius 1 is 0.295 bits per heavy atom. The van der Waals surface area contributed by atoms with Gasteiger partial charge in [0.05, 0.1) is 25.4 Å². The fourth-order valence-electron chi connectivity index (χ4n) is 13.8. The molecule has 0 fully saturated rings. The van der Waals surface area contributed by atoms with Crippen molar-refractivity contribution in [2.75, 3.05) is 13.2 Å². The predicted molar refractivity (Wildman–Crippen MR) is 421 cm³/mol. The minimum atomic E-state index is -0.664. The van der Waals surface area contributed by atoms with Crippen LogP contribution in [-0.2, 0) is 14.3 Å². The molecule has 0 aliphatic carbocycles. The average molecular weight is 1330 g/mol. The average Bonchev–Trinajstić information content (AvgIpc) is 3.51. The number of hydrogen-bond donors (Lipinski definition) is 3. The first-order chi connectivity index (χ1) is 47.0. The molecule has 1 amide bonds. The third-order valence-corrected chi connectivity index (χ3v) is 20.4. The Labute approximate surface area is 595 Å². The van der Waals surface area contributed by atoms with E-state index in [1.807, 2.05) is 0 Å². The maximum atomic E-state index is 12.6. The van der Waals surface area contributed by atoms with E-state index >= 15 is 0 Å². The molecule has 2 atom stereocenters. The van der Waals surface area contributed by atoms with Crippen molar-refractivity contribution in [1.82, 2.24) is 5.32 Å². The molecule has 6 nitrogen and oxygen atoms in total. The smallest absolute Gasteiger partial charge is 0.305 e. The van der Waals surface area contributed by atoms with Crippen molar-refractivity contribution in [2.24, 2.45) is 0 Å². The number of rotatable bonds is 82. The fourth-order valence-corrected chi connectivity index (χ4v) is 13.8. The van der Waals surface area contributed by atoms with Gasteiger partial charge in [0.25, 0.3) is 0 Å². The molecule has 95 heavy (non-hydrogen) atoms. The number of carbonyl (C=O) groups excluding carboxylic acids is 2. The molecule has 0 saturated heterocycles. The SMILES string of the molecule is CCCCC/C=C\C/C=C\CCCCCCCCCC(=O)OCCCCCCCCCCCCCCCCC/C=C\C/C=C\CCCCCCCCCCCCCCCCCCCC(=O)NC(CO)C(O)CCCCCCCCCCCCCCCCCCCCCCCC. The summed E-state index contributed by atoms with van der Waals surface area (Å²) in [6, 6.07) is -0.541. The lowest BCUT2D eigenvalue weighted by Gasteiger charge is -2.22. The quantitative estimate of drug-likeness (QED) is 0.0320. The lowest BCUT2D eigenvalue weighted by atomic mass is 10.0. The van der Waals surface area contributed by atoms with Gasteiger partial charge in [-0.25, -0.2) is 0 Å². The molecule has 0 aromatic carbocycles. The fraction of sp³-hybridized carbons (Fsp3) is 0.888. The number of unbranched alkanes of at least 4 members (excludes halogenated alkanes) is 63. The summed E-state index contributed by atoms with van der Waals surface area (Å²) >= 11 is 0. The number of nitrogens with one attached hydrogen (secondary N) is 1. The highest BCUT2D eigenvalue weighted by atomic mass is 16.5. The minimum Gasteiger partial charge on any atom is -0.466 e. The largest absolute Gasteiger partial charge is 0.466 e. The predicted octanol–water partition coefficient (Wildman–Crippen LogP) is 29.1. The zero-order chi connectivity index (χ0) is 68.4. The second-order valence-corrected chi connectivity index (χ2v) is 29.9. The summed E-state index contributed by atoms with van der Waals surface area (Å²) in [7, 11) is 0. The van der Waals surface area contributed by atoms with E-state index < -0.39 is 12.1 Å². The van der Waals surface area contributed by atoms with Gasteiger partial charge in [0, 0.05) is 12.8 Å². The van der Waals surface area contributed by atoms with Gasteiger partial charge in [-0.1, -0.05) is 428 Å². The van der Waals surface area contributed by atoms with Crippen molar-refractivity contribution in [1.29, 1.82) is 0 Å². The molecule has 2 unspecified atom stereocenters. The van der Waals surface area contributed by atoms with Crippen LogP contribution in [0.1, 0.15) is 483 Å². The molecule has 560 valence electrons. The molecule has 0 aliphatic rings. The molecule has 0 aromatic heterocycles. The van der Waals surface area contributed by atoms with Crippen LogP contribution in [0.3, 0.4) is 0 Å². The summed E-state index contributed by atoms with van der Waals surface area (Å²) in [5.74, 6) is -0.0133. The number of allylic oxidation sites excluding steroid dienone is 8. The van der Waals surface area contributed by atoms with E-state index in [-0.39, 0.29) is 18.5 Å². The van der Waals surface area contributed by atoms with E-state index in [0.717, 1.165) is 57.8 Å². The first kappa shape index (κ1) is 92.8. The van der Waals surface area contributed by atoms with Crippen LogP contribution < -0.4 is 5.32 Å². The van der Waals surface area contributed by atoms with Crippen LogP contribution in [-0.4, -0.2) is 47.4 Å². The lowest BCUT2D eigenvalue weighted by molar-refractivity contribution is -0.143. The van der Waals surface area contributed by atoms with Crippen molar-refractivity contribution >= 4 is 11.9 Å². The molecular formula is C89H169NO5. The standard InChI is InChI=1S/C89H169NO5/c1-3-5-7-9-11-13-15-17-19-21-22-23-43-46-50-53-57-61-65-69-73-77-81-87(92)86(85-91)90-88(93)82-78-74-70-66-62-58-54-51-47-44-41-39-37-35-33-31-29-27-25-24-26-28-30-32-34-36-38-40-42-45-48-52-56-60-64-68-72-76-80-84-95-89(94)83-79-75-71-67-63-59-55-49-20-18-16-14-12-10-8-6-4-2/h12,14,18,20,24-25,28,30,86-87,91-92H,3-11,13,15-17,19,21-23,26-27,29,31-85H2,1-2H3,(H,90,93)/b14-12-,20-18-,25-24-,30-28-. The van der Waals surface area contributed by atoms with Crippen molar-refractivity contribution in [2.45, 2.75) is 495 Å². The Morgan fingerprint density at radius 3 is 0.821 bits per heavy atom. The molecule has 0 bridgehead atoms. The van der Waals surface area contributed by atoms with Gasteiger partial charge in [-0.05, 0) is 89.9 Å². The lowest BCUT2D eigenvalue weighted by Crippen LogP contribution is -2.45. The van der Waals surface area contributed by atoms with E-state index in [1.165, 1.54) is 392 Å². The number of amides is 1. The van der Waals surface area contributed by atoms with Crippen LogP contribution in [0.25, 0.3) is 0 Å². The zero-order valence-electron chi connectivity index (χ0n) is 64.4. The van der Waals surface area contributed by atoms with Crippen LogP contribution in [0.4, 0.5) is 0 Å². The van der Waals surface area contributed by atoms with Gasteiger partial charge in [0.15, 0.2) is 0 Å². The summed E-state index contributed by atoms with van der Waals surface area (Å²) in [5.41, 5.74) is 0. The van der Waals surface area contributed by atoms with Gasteiger partial charge in [-0.15, -0.1) is 0 Å². The second-order valence-electron chi connectivity index (χ2n) is 29.9. The molecule has 0 saturated carbocycles. The third-order valence-electron chi connectivity index (χ3n) is 20.4. The number of carbonyl (C=O) groups is 2. The molecule has 0 radical (unpaired) electrons. The molecule has 0 rings (SSSR count). The van der Waals surface area contributed by atoms with Crippen molar-refractivity contribution in [3.8, 4) is 0 Å². The van der Waals surface area contributed by atoms with Crippen LogP contribution in [0.5, 0.6) is 0 Å². The molecule has 0 aromatic rings. The summed E-state index contributed by atoms with van der Waals surface area (Å²) in [5, 5.41) is 23.5. The van der Waals surface area contributed by atoms with Crippen molar-refractivity contribution in [3.05, 3.63) is 48.6 Å². The maximum absolute atomic E-state index is 12.6. The molecule has 0 heterocycles. The molecule has 3 N–H and O–H groups in total. The van der Waals surface area contributed by atoms with Gasteiger partial charge in [-0.2, -0.15) is 0 Å². The van der Waals surface area contributed by atoms with Gasteiger partial charge < -0.3 is 20.3 Å². The zero-order valence-corrected chi connectivity index (χ0v) is 64.4. The summed E-state index contributed by atoms with van der Waals surface area (Å²) in [4.78, 5) is 24.7. The summed E-state index contributed by atoms with van der Waals surface area (Å²) in [6.07, 6.45) is 112. The third kappa shape index (κ3) is 80.7. The van der Waals surface area contributed by atoms with E-state index in [0.29, 0.717) is 25.9 Å². The van der Waals surface area contributed by atoms with E-state index in [9.17, 15) is 19.8 Å². The monoisotopic (exact) mass is 1330 g/mol. The Balaban J connectivity index is 3.36. The molecule has 0 aliphatic heterocycles. The number of hydrogen-bond acceptors (Lipinski definition) is 5. The molecule has 0 spiro atoms. The first-order valence-electron chi connectivity index (χ1n) is 43.4. The topological polar surface area (TPSA) is 95.9 Å². The first-order valence-corrected chi connectivity index (χ1v) is 43.4. The van der Waals surface area contributed by atoms with Gasteiger partial charge in [0.2, 0.25) is 5.91 Å². The Bertz CT molecular complexity index is 1590. The second kappa shape index (κ2) is 84.2. The Morgan fingerprint density at radius 2 is 0.526 bits per heavy atom. The normalized spacial score (nSPS) is 12.7. The van der Waals surface area contributed by atoms with Crippen LogP contribution >= 0.6 is 0 Å². The highest BCUT2D eigenvalue weighted by Gasteiger charge is 2.20. The van der Waals surface area contributed by atoms with Gasteiger partial charge in [0.1, 0.15) is 0 Å². The number of aliphatic hydroxyl groups is 2. The van der Waals surface area contributed by atoms with Crippen LogP contribution in [0.2, 0.25) is 0 Å². The maximum Gasteiger partial charge on any atom is 0.305 e. The molecule has 6 heteroatoms. The van der Waals surface area contributed by atoms with Gasteiger partial charge >= 0.3 is 5.97 Å². The van der Waals surface area contributed by atoms with Crippen LogP contribution in [0.15, 0.2) is 48.6 Å². The van der Waals surface area contributed by atoms with Gasteiger partial charge in [-0.3, -0.25) is 9.59 Å². The van der Waals surface area contributed by atoms with E-state index in [1.54, 1.807) is 0 Å². The van der Waals surface area contributed by atoms with Crippen molar-refractivity contribution < 1.29 is 24.5 Å². The van der Waals surface area contributed by atoms with Crippen LogP contribution in [0, 0.1) is 0 Å². The van der Waals surface area contributed by atoms with E-state index in [2.05, 4.69) is 67.8 Å². The molecular weight excluding hydrogens is 1160 g/mol. The summed E-state index contributed by atoms with van der Waals surface area (Å²) in [6.45, 7) is 4.98. The minimum absolute atomic E-state index is 0.0132.